The maximum atomic E-state index is 13.4. The van der Waals surface area contributed by atoms with Gasteiger partial charge in [0.05, 0.1) is 6.54 Å². The molecular weight excluding hydrogens is 353 g/mol. The van der Waals surface area contributed by atoms with Gasteiger partial charge in [0, 0.05) is 7.05 Å². The van der Waals surface area contributed by atoms with Gasteiger partial charge in [-0.2, -0.15) is 13.2 Å². The van der Waals surface area contributed by atoms with Crippen LogP contribution in [0.5, 0.6) is 0 Å². The van der Waals surface area contributed by atoms with Crippen LogP contribution in [0.4, 0.5) is 18.0 Å². The number of rotatable bonds is 7. The molecule has 6 nitrogen and oxygen atoms in total. The number of nitrogens with zero attached hydrogens (tertiary/aromatic N) is 2. The molecule has 0 radical (unpaired) electrons. The van der Waals surface area contributed by atoms with E-state index >= 15 is 0 Å². The minimum atomic E-state index is -4.68. The van der Waals surface area contributed by atoms with Gasteiger partial charge in [-0.25, -0.2) is 4.79 Å². The molecule has 1 aliphatic rings. The van der Waals surface area contributed by atoms with Crippen LogP contribution in [-0.4, -0.2) is 59.9 Å². The summed E-state index contributed by atoms with van der Waals surface area (Å²) in [4.78, 5) is 36.3. The Balaban J connectivity index is 2.14. The Hall–Kier alpha value is -2.58. The predicted molar refractivity (Wildman–Crippen MR) is 85.1 cm³/mol. The average Bonchev–Trinajstić information content (AvgIpc) is 3.40. The summed E-state index contributed by atoms with van der Waals surface area (Å²) in [5.74, 6) is -0.774. The smallest absolute Gasteiger partial charge is 0.411 e. The van der Waals surface area contributed by atoms with Gasteiger partial charge >= 0.3 is 12.3 Å². The third-order valence-corrected chi connectivity index (χ3v) is 4.26. The number of carbonyl (C=O) groups excluding carboxylic acids is 3. The van der Waals surface area contributed by atoms with Gasteiger partial charge < -0.3 is 14.4 Å². The first-order valence-electron chi connectivity index (χ1n) is 7.94. The van der Waals surface area contributed by atoms with E-state index < -0.39 is 30.3 Å². The number of amides is 2. The molecule has 0 heterocycles. The summed E-state index contributed by atoms with van der Waals surface area (Å²) in [7, 11) is 1.28. The zero-order chi connectivity index (χ0) is 19.4. The Morgan fingerprint density at radius 3 is 2.35 bits per heavy atom. The zero-order valence-corrected chi connectivity index (χ0v) is 14.2. The van der Waals surface area contributed by atoms with Crippen molar-refractivity contribution in [1.29, 1.82) is 0 Å². The third-order valence-electron chi connectivity index (χ3n) is 4.26. The molecule has 0 bridgehead atoms. The fourth-order valence-corrected chi connectivity index (χ4v) is 2.48. The molecule has 2 amide bonds. The minimum Gasteiger partial charge on any atom is -0.445 e. The summed E-state index contributed by atoms with van der Waals surface area (Å²) in [6, 6.07) is 8.49. The molecule has 0 saturated heterocycles. The number of hydrogen-bond acceptors (Lipinski definition) is 4. The van der Waals surface area contributed by atoms with Crippen LogP contribution in [0.25, 0.3) is 0 Å². The van der Waals surface area contributed by atoms with Crippen molar-refractivity contribution in [3.63, 3.8) is 0 Å². The quantitative estimate of drug-likeness (QED) is 0.690. The number of likely N-dealkylation sites (N-methyl/N-ethyl adjacent to an activating group) is 1. The number of aldehydes is 1. The fraction of sp³-hybridized carbons (Fsp3) is 0.471. The van der Waals surface area contributed by atoms with Gasteiger partial charge in [-0.3, -0.25) is 9.69 Å². The molecule has 1 aromatic carbocycles. The molecule has 1 aliphatic carbocycles. The molecule has 0 unspecified atom stereocenters. The lowest BCUT2D eigenvalue weighted by Gasteiger charge is -2.33. The predicted octanol–water partition coefficient (Wildman–Crippen LogP) is 2.38. The molecule has 1 saturated carbocycles. The van der Waals surface area contributed by atoms with Crippen LogP contribution in [0.1, 0.15) is 18.4 Å². The van der Waals surface area contributed by atoms with Gasteiger partial charge in [0.2, 0.25) is 5.91 Å². The largest absolute Gasteiger partial charge is 0.445 e. The molecule has 1 fully saturated rings. The first kappa shape index (κ1) is 19.7. The van der Waals surface area contributed by atoms with E-state index in [9.17, 15) is 27.6 Å². The minimum absolute atomic E-state index is 0.206. The number of halogens is 3. The SMILES string of the molecule is CN(CC=O)C(=O)CN(C(=O)OCc1ccccc1)C1(C(F)(F)F)CC1. The summed E-state index contributed by atoms with van der Waals surface area (Å²) < 4.78 is 45.3. The van der Waals surface area contributed by atoms with Crippen molar-refractivity contribution in [3.05, 3.63) is 35.9 Å². The molecule has 0 spiro atoms. The van der Waals surface area contributed by atoms with Crippen molar-refractivity contribution in [1.82, 2.24) is 9.80 Å². The van der Waals surface area contributed by atoms with Crippen molar-refractivity contribution in [2.24, 2.45) is 0 Å². The van der Waals surface area contributed by atoms with E-state index in [-0.39, 0.29) is 26.0 Å². The summed E-state index contributed by atoms with van der Waals surface area (Å²) in [5, 5.41) is 0. The van der Waals surface area contributed by atoms with E-state index in [1.54, 1.807) is 30.3 Å². The van der Waals surface area contributed by atoms with Crippen LogP contribution >= 0.6 is 0 Å². The van der Waals surface area contributed by atoms with Crippen molar-refractivity contribution >= 4 is 18.3 Å². The second-order valence-electron chi connectivity index (χ2n) is 6.10. The van der Waals surface area contributed by atoms with Crippen LogP contribution in [0.3, 0.4) is 0 Å². The summed E-state index contributed by atoms with van der Waals surface area (Å²) in [6.07, 6.45) is -6.02. The molecule has 0 N–H and O–H groups in total. The number of ether oxygens (including phenoxy) is 1. The molecule has 142 valence electrons. The van der Waals surface area contributed by atoms with Crippen molar-refractivity contribution in [2.75, 3.05) is 20.1 Å². The van der Waals surface area contributed by atoms with Crippen LogP contribution in [0.15, 0.2) is 30.3 Å². The normalized spacial score (nSPS) is 15.1. The first-order valence-corrected chi connectivity index (χ1v) is 7.94. The molecular formula is C17H19F3N2O4. The summed E-state index contributed by atoms with van der Waals surface area (Å²) in [5.41, 5.74) is -1.78. The van der Waals surface area contributed by atoms with Crippen LogP contribution in [-0.2, 0) is 20.9 Å². The van der Waals surface area contributed by atoms with Crippen molar-refractivity contribution in [3.8, 4) is 0 Å². The van der Waals surface area contributed by atoms with E-state index in [1.807, 2.05) is 0 Å². The number of benzene rings is 1. The number of alkyl halides is 3. The molecule has 0 atom stereocenters. The highest BCUT2D eigenvalue weighted by atomic mass is 19.4. The Morgan fingerprint density at radius 1 is 1.23 bits per heavy atom. The van der Waals surface area contributed by atoms with Gasteiger partial charge in [-0.15, -0.1) is 0 Å². The first-order chi connectivity index (χ1) is 12.2. The van der Waals surface area contributed by atoms with Crippen LogP contribution < -0.4 is 0 Å². The second kappa shape index (κ2) is 7.76. The maximum Gasteiger partial charge on any atom is 0.411 e. The van der Waals surface area contributed by atoms with Gasteiger partial charge in [0.15, 0.2) is 0 Å². The highest BCUT2D eigenvalue weighted by molar-refractivity contribution is 5.84. The highest BCUT2D eigenvalue weighted by Crippen LogP contribution is 2.53. The van der Waals surface area contributed by atoms with Crippen LogP contribution in [0, 0.1) is 0 Å². The lowest BCUT2D eigenvalue weighted by Crippen LogP contribution is -2.54. The topological polar surface area (TPSA) is 66.9 Å². The molecule has 2 rings (SSSR count). The highest BCUT2D eigenvalue weighted by Gasteiger charge is 2.68. The molecule has 9 heteroatoms. The van der Waals surface area contributed by atoms with E-state index in [0.717, 1.165) is 4.90 Å². The van der Waals surface area contributed by atoms with E-state index in [2.05, 4.69) is 0 Å². The Labute approximate surface area is 148 Å². The van der Waals surface area contributed by atoms with Gasteiger partial charge in [0.25, 0.3) is 0 Å². The second-order valence-corrected chi connectivity index (χ2v) is 6.10. The summed E-state index contributed by atoms with van der Waals surface area (Å²) >= 11 is 0. The maximum absolute atomic E-state index is 13.4. The standard InChI is InChI=1S/C17H19F3N2O4/c1-21(9-10-23)14(24)11-22(16(7-8-16)17(18,19)20)15(25)26-12-13-5-3-2-4-6-13/h2-6,10H,7-9,11-12H2,1H3. The number of carbonyl (C=O) groups is 3. The van der Waals surface area contributed by atoms with Crippen molar-refractivity contribution in [2.45, 2.75) is 31.2 Å². The molecule has 0 aliphatic heterocycles. The van der Waals surface area contributed by atoms with Gasteiger partial charge in [-0.05, 0) is 18.4 Å². The molecule has 1 aromatic rings. The lowest BCUT2D eigenvalue weighted by molar-refractivity contribution is -0.192. The van der Waals surface area contributed by atoms with E-state index in [0.29, 0.717) is 16.7 Å². The average molecular weight is 372 g/mol. The lowest BCUT2D eigenvalue weighted by atomic mass is 10.2. The molecule has 26 heavy (non-hydrogen) atoms. The van der Waals surface area contributed by atoms with E-state index in [4.69, 9.17) is 4.74 Å². The summed E-state index contributed by atoms with van der Waals surface area (Å²) in [6.45, 7) is -1.29. The fourth-order valence-electron chi connectivity index (χ4n) is 2.48. The number of hydrogen-bond donors (Lipinski definition) is 0. The molecule has 0 aromatic heterocycles. The van der Waals surface area contributed by atoms with Gasteiger partial charge in [0.1, 0.15) is 25.0 Å². The van der Waals surface area contributed by atoms with Crippen molar-refractivity contribution < 1.29 is 32.3 Å². The Kier molecular flexibility index (Phi) is 5.89. The van der Waals surface area contributed by atoms with Crippen LogP contribution in [0.2, 0.25) is 0 Å². The third kappa shape index (κ3) is 4.33. The van der Waals surface area contributed by atoms with E-state index in [1.165, 1.54) is 7.05 Å². The Morgan fingerprint density at radius 2 is 1.85 bits per heavy atom. The monoisotopic (exact) mass is 372 g/mol. The Bertz CT molecular complexity index is 660. The van der Waals surface area contributed by atoms with Gasteiger partial charge in [-0.1, -0.05) is 30.3 Å². The zero-order valence-electron chi connectivity index (χ0n) is 14.2.